The third-order valence-corrected chi connectivity index (χ3v) is 2.85. The first-order chi connectivity index (χ1) is 8.43. The summed E-state index contributed by atoms with van der Waals surface area (Å²) < 4.78 is 38.2. The maximum Gasteiger partial charge on any atom is 0.417 e. The quantitative estimate of drug-likeness (QED) is 0.764. The monoisotopic (exact) mass is 257 g/mol. The third kappa shape index (κ3) is 2.23. The second-order valence-electron chi connectivity index (χ2n) is 4.04. The van der Waals surface area contributed by atoms with Gasteiger partial charge in [0, 0.05) is 24.2 Å². The molecule has 0 N–H and O–H groups in total. The highest BCUT2D eigenvalue weighted by Crippen LogP contribution is 2.34. The van der Waals surface area contributed by atoms with E-state index in [4.69, 9.17) is 0 Å². The van der Waals surface area contributed by atoms with Crippen LogP contribution in [-0.4, -0.2) is 18.7 Å². The van der Waals surface area contributed by atoms with E-state index in [-0.39, 0.29) is 17.9 Å². The average Bonchev–Trinajstić information content (AvgIpc) is 2.73. The van der Waals surface area contributed by atoms with E-state index in [1.54, 1.807) is 0 Å². The molecule has 2 rings (SSSR count). The predicted molar refractivity (Wildman–Crippen MR) is 58.4 cm³/mol. The number of hydrogen-bond donors (Lipinski definition) is 0. The Morgan fingerprint density at radius 1 is 1.28 bits per heavy atom. The topological polar surface area (TPSA) is 37.4 Å². The van der Waals surface area contributed by atoms with Crippen molar-refractivity contribution in [3.8, 4) is 0 Å². The Bertz CT molecular complexity index is 497. The van der Waals surface area contributed by atoms with Gasteiger partial charge in [-0.05, 0) is 24.6 Å². The number of carbonyl (C=O) groups excluding carboxylic acids is 2. The highest BCUT2D eigenvalue weighted by molar-refractivity contribution is 5.95. The summed E-state index contributed by atoms with van der Waals surface area (Å²) in [6.07, 6.45) is -3.46. The summed E-state index contributed by atoms with van der Waals surface area (Å²) >= 11 is 0. The van der Waals surface area contributed by atoms with Crippen LogP contribution in [0.15, 0.2) is 18.2 Å². The molecule has 96 valence electrons. The molecule has 0 bridgehead atoms. The van der Waals surface area contributed by atoms with Crippen molar-refractivity contribution in [3.05, 3.63) is 29.3 Å². The molecule has 0 unspecified atom stereocenters. The summed E-state index contributed by atoms with van der Waals surface area (Å²) in [6.45, 7) is 0.413. The van der Waals surface area contributed by atoms with Gasteiger partial charge >= 0.3 is 6.18 Å². The van der Waals surface area contributed by atoms with Crippen molar-refractivity contribution in [2.45, 2.75) is 19.0 Å². The summed E-state index contributed by atoms with van der Waals surface area (Å²) in [5.41, 5.74) is -1.23. The molecule has 1 aromatic rings. The lowest BCUT2D eigenvalue weighted by Crippen LogP contribution is -2.24. The molecule has 1 heterocycles. The minimum Gasteiger partial charge on any atom is -0.312 e. The zero-order valence-electron chi connectivity index (χ0n) is 9.33. The second-order valence-corrected chi connectivity index (χ2v) is 4.04. The van der Waals surface area contributed by atoms with Crippen molar-refractivity contribution in [1.82, 2.24) is 0 Å². The average molecular weight is 257 g/mol. The van der Waals surface area contributed by atoms with Gasteiger partial charge in [0.2, 0.25) is 5.91 Å². The minimum atomic E-state index is -4.60. The molecule has 0 saturated carbocycles. The van der Waals surface area contributed by atoms with E-state index in [2.05, 4.69) is 0 Å². The molecule has 1 saturated heterocycles. The maximum absolute atomic E-state index is 12.7. The van der Waals surface area contributed by atoms with Crippen LogP contribution in [0.4, 0.5) is 18.9 Å². The number of carbonyl (C=O) groups is 2. The molecule has 3 nitrogen and oxygen atoms in total. The van der Waals surface area contributed by atoms with Crippen LogP contribution in [0, 0.1) is 0 Å². The fourth-order valence-corrected chi connectivity index (χ4v) is 1.98. The number of hydrogen-bond acceptors (Lipinski definition) is 2. The fourth-order valence-electron chi connectivity index (χ4n) is 1.98. The lowest BCUT2D eigenvalue weighted by molar-refractivity contribution is -0.137. The van der Waals surface area contributed by atoms with Crippen LogP contribution in [0.2, 0.25) is 0 Å². The van der Waals surface area contributed by atoms with Crippen molar-refractivity contribution >= 4 is 17.9 Å². The SMILES string of the molecule is O=Cc1ccc(N2CCCC2=O)cc1C(F)(F)F. The molecule has 1 fully saturated rings. The normalized spacial score (nSPS) is 16.2. The molecule has 6 heteroatoms. The van der Waals surface area contributed by atoms with Gasteiger partial charge in [0.1, 0.15) is 0 Å². The molecular weight excluding hydrogens is 247 g/mol. The minimum absolute atomic E-state index is 0.165. The summed E-state index contributed by atoms with van der Waals surface area (Å²) in [7, 11) is 0. The predicted octanol–water partition coefficient (Wildman–Crippen LogP) is 2.64. The van der Waals surface area contributed by atoms with E-state index in [9.17, 15) is 22.8 Å². The summed E-state index contributed by atoms with van der Waals surface area (Å²) in [5, 5.41) is 0. The van der Waals surface area contributed by atoms with Crippen molar-refractivity contribution < 1.29 is 22.8 Å². The summed E-state index contributed by atoms with van der Waals surface area (Å²) in [4.78, 5) is 23.4. The van der Waals surface area contributed by atoms with Gasteiger partial charge in [0.25, 0.3) is 0 Å². The molecule has 1 aliphatic rings. The van der Waals surface area contributed by atoms with Gasteiger partial charge in [-0.15, -0.1) is 0 Å². The number of alkyl halides is 3. The Balaban J connectivity index is 2.46. The largest absolute Gasteiger partial charge is 0.417 e. The first-order valence-corrected chi connectivity index (χ1v) is 5.40. The molecule has 1 amide bonds. The molecule has 1 aromatic carbocycles. The van der Waals surface area contributed by atoms with Gasteiger partial charge in [-0.2, -0.15) is 13.2 Å². The van der Waals surface area contributed by atoms with Gasteiger partial charge in [-0.3, -0.25) is 9.59 Å². The Hall–Kier alpha value is -1.85. The molecular formula is C12H10F3NO2. The van der Waals surface area contributed by atoms with Crippen LogP contribution in [0.5, 0.6) is 0 Å². The van der Waals surface area contributed by atoms with E-state index in [1.165, 1.54) is 11.0 Å². The first kappa shape index (κ1) is 12.6. The number of anilines is 1. The number of halogens is 3. The number of aldehydes is 1. The Morgan fingerprint density at radius 3 is 2.50 bits per heavy atom. The second kappa shape index (κ2) is 4.44. The van der Waals surface area contributed by atoms with Crippen LogP contribution < -0.4 is 4.90 Å². The van der Waals surface area contributed by atoms with Crippen LogP contribution in [0.3, 0.4) is 0 Å². The van der Waals surface area contributed by atoms with Crippen molar-refractivity contribution in [2.75, 3.05) is 11.4 Å². The molecule has 0 aliphatic carbocycles. The zero-order chi connectivity index (χ0) is 13.3. The fraction of sp³-hybridized carbons (Fsp3) is 0.333. The number of benzene rings is 1. The first-order valence-electron chi connectivity index (χ1n) is 5.40. The third-order valence-electron chi connectivity index (χ3n) is 2.85. The van der Waals surface area contributed by atoms with Gasteiger partial charge in [0.15, 0.2) is 6.29 Å². The van der Waals surface area contributed by atoms with E-state index in [1.807, 2.05) is 0 Å². The highest BCUT2D eigenvalue weighted by Gasteiger charge is 2.34. The van der Waals surface area contributed by atoms with E-state index in [0.717, 1.165) is 12.1 Å². The Kier molecular flexibility index (Phi) is 3.11. The Labute approximate surface area is 101 Å². The Morgan fingerprint density at radius 2 is 2.00 bits per heavy atom. The molecule has 0 aromatic heterocycles. The molecule has 18 heavy (non-hydrogen) atoms. The van der Waals surface area contributed by atoms with Crippen LogP contribution in [0.1, 0.15) is 28.8 Å². The molecule has 1 aliphatic heterocycles. The summed E-state index contributed by atoms with van der Waals surface area (Å²) in [5.74, 6) is -0.193. The number of amides is 1. The number of nitrogens with zero attached hydrogens (tertiary/aromatic N) is 1. The molecule has 0 radical (unpaired) electrons. The lowest BCUT2D eigenvalue weighted by atomic mass is 10.1. The highest BCUT2D eigenvalue weighted by atomic mass is 19.4. The van der Waals surface area contributed by atoms with Crippen LogP contribution >= 0.6 is 0 Å². The van der Waals surface area contributed by atoms with E-state index < -0.39 is 17.3 Å². The van der Waals surface area contributed by atoms with Gasteiger partial charge in [-0.25, -0.2) is 0 Å². The van der Waals surface area contributed by atoms with Crippen LogP contribution in [0.25, 0.3) is 0 Å². The standard InChI is InChI=1S/C12H10F3NO2/c13-12(14,15)10-6-9(4-3-8(10)7-17)16-5-1-2-11(16)18/h3-4,6-7H,1-2,5H2. The van der Waals surface area contributed by atoms with Crippen molar-refractivity contribution in [1.29, 1.82) is 0 Å². The van der Waals surface area contributed by atoms with Crippen molar-refractivity contribution in [2.24, 2.45) is 0 Å². The van der Waals surface area contributed by atoms with E-state index >= 15 is 0 Å². The maximum atomic E-state index is 12.7. The molecule has 0 spiro atoms. The molecule has 0 atom stereocenters. The van der Waals surface area contributed by atoms with Gasteiger partial charge in [0.05, 0.1) is 5.56 Å². The smallest absolute Gasteiger partial charge is 0.312 e. The van der Waals surface area contributed by atoms with Crippen molar-refractivity contribution in [3.63, 3.8) is 0 Å². The summed E-state index contributed by atoms with van der Waals surface area (Å²) in [6, 6.07) is 3.31. The van der Waals surface area contributed by atoms with Gasteiger partial charge < -0.3 is 4.90 Å². The zero-order valence-corrected chi connectivity index (χ0v) is 9.33. The van der Waals surface area contributed by atoms with Crippen LogP contribution in [-0.2, 0) is 11.0 Å². The van der Waals surface area contributed by atoms with E-state index in [0.29, 0.717) is 19.4 Å². The van der Waals surface area contributed by atoms with Gasteiger partial charge in [-0.1, -0.05) is 0 Å². The lowest BCUT2D eigenvalue weighted by Gasteiger charge is -2.18. The number of rotatable bonds is 2.